The Kier molecular flexibility index (Phi) is 9.03. The third kappa shape index (κ3) is 7.30. The quantitative estimate of drug-likeness (QED) is 0.568. The van der Waals surface area contributed by atoms with E-state index in [0.717, 1.165) is 12.1 Å². The van der Waals surface area contributed by atoms with E-state index in [0.29, 0.717) is 5.75 Å². The van der Waals surface area contributed by atoms with Crippen molar-refractivity contribution in [1.82, 2.24) is 10.0 Å². The second kappa shape index (κ2) is 10.5. The van der Waals surface area contributed by atoms with Crippen LogP contribution in [0.25, 0.3) is 0 Å². The first kappa shape index (κ1) is 22.4. The van der Waals surface area contributed by atoms with Crippen molar-refractivity contribution < 1.29 is 27.1 Å². The molecule has 0 aliphatic heterocycles. The van der Waals surface area contributed by atoms with Gasteiger partial charge in [0.1, 0.15) is 23.3 Å². The van der Waals surface area contributed by atoms with Crippen molar-refractivity contribution in [1.29, 1.82) is 0 Å². The molecule has 1 aromatic carbocycles. The van der Waals surface area contributed by atoms with Crippen LogP contribution in [0, 0.1) is 5.82 Å². The fraction of sp³-hybridized carbons (Fsp3) is 0.500. The van der Waals surface area contributed by atoms with Crippen LogP contribution in [0.1, 0.15) is 20.3 Å². The first-order valence-electron chi connectivity index (χ1n) is 7.90. The van der Waals surface area contributed by atoms with Gasteiger partial charge >= 0.3 is 5.97 Å². The molecule has 0 saturated carbocycles. The van der Waals surface area contributed by atoms with Gasteiger partial charge in [-0.05, 0) is 44.4 Å². The summed E-state index contributed by atoms with van der Waals surface area (Å²) in [4.78, 5) is 23.3. The fourth-order valence-electron chi connectivity index (χ4n) is 1.98. The Morgan fingerprint density at radius 1 is 1.27 bits per heavy atom. The molecule has 0 aliphatic rings. The minimum atomic E-state index is -4.23. The number of hydrogen-bond donors (Lipinski definition) is 2. The number of thioether (sulfide) groups is 1. The molecule has 146 valence electrons. The highest BCUT2D eigenvalue weighted by molar-refractivity contribution is 7.98. The predicted octanol–water partition coefficient (Wildman–Crippen LogP) is 1.29. The van der Waals surface area contributed by atoms with Crippen LogP contribution in [0.4, 0.5) is 4.39 Å². The molecule has 0 heterocycles. The Morgan fingerprint density at radius 2 is 1.92 bits per heavy atom. The molecule has 0 bridgehead atoms. The first-order valence-corrected chi connectivity index (χ1v) is 10.8. The van der Waals surface area contributed by atoms with E-state index in [4.69, 9.17) is 4.74 Å². The number of nitrogens with one attached hydrogen (secondary N) is 2. The van der Waals surface area contributed by atoms with E-state index in [2.05, 4.69) is 10.0 Å². The molecule has 2 N–H and O–H groups in total. The van der Waals surface area contributed by atoms with E-state index in [-0.39, 0.29) is 19.1 Å². The van der Waals surface area contributed by atoms with Gasteiger partial charge < -0.3 is 10.1 Å². The van der Waals surface area contributed by atoms with Crippen LogP contribution < -0.4 is 10.0 Å². The van der Waals surface area contributed by atoms with Gasteiger partial charge in [0.05, 0.1) is 6.10 Å². The van der Waals surface area contributed by atoms with Crippen LogP contribution in [0.3, 0.4) is 0 Å². The second-order valence-corrected chi connectivity index (χ2v) is 8.31. The van der Waals surface area contributed by atoms with Crippen molar-refractivity contribution in [3.8, 4) is 0 Å². The minimum absolute atomic E-state index is 0.180. The number of hydrogen-bond acceptors (Lipinski definition) is 6. The van der Waals surface area contributed by atoms with E-state index in [9.17, 15) is 22.4 Å². The lowest BCUT2D eigenvalue weighted by Gasteiger charge is -2.18. The zero-order chi connectivity index (χ0) is 19.7. The molecule has 1 amide bonds. The zero-order valence-electron chi connectivity index (χ0n) is 14.8. The molecular weight excluding hydrogens is 383 g/mol. The number of ether oxygens (including phenoxy) is 1. The number of rotatable bonds is 10. The summed E-state index contributed by atoms with van der Waals surface area (Å²) in [5.41, 5.74) is 0. The van der Waals surface area contributed by atoms with Gasteiger partial charge in [-0.15, -0.1) is 0 Å². The van der Waals surface area contributed by atoms with Crippen molar-refractivity contribution in [2.45, 2.75) is 37.3 Å². The Balaban J connectivity index is 2.84. The largest absolute Gasteiger partial charge is 0.462 e. The molecule has 0 aromatic heterocycles. The Bertz CT molecular complexity index is 725. The summed E-state index contributed by atoms with van der Waals surface area (Å²) in [7, 11) is -4.23. The average Bonchev–Trinajstić information content (AvgIpc) is 2.56. The van der Waals surface area contributed by atoms with Crippen molar-refractivity contribution in [2.75, 3.05) is 18.6 Å². The molecule has 26 heavy (non-hydrogen) atoms. The number of sulfonamides is 1. The lowest BCUT2D eigenvalue weighted by atomic mass is 10.2. The third-order valence-electron chi connectivity index (χ3n) is 3.12. The highest BCUT2D eigenvalue weighted by atomic mass is 32.2. The van der Waals surface area contributed by atoms with Crippen LogP contribution in [-0.2, 0) is 24.3 Å². The van der Waals surface area contributed by atoms with Crippen molar-refractivity contribution in [3.05, 3.63) is 30.1 Å². The van der Waals surface area contributed by atoms with Gasteiger partial charge in [0.25, 0.3) is 0 Å². The summed E-state index contributed by atoms with van der Waals surface area (Å²) in [6, 6.07) is 3.75. The van der Waals surface area contributed by atoms with E-state index < -0.39 is 38.7 Å². The summed E-state index contributed by atoms with van der Waals surface area (Å²) in [6.07, 6.45) is 1.66. The summed E-state index contributed by atoms with van der Waals surface area (Å²) in [5.74, 6) is -1.73. The van der Waals surface area contributed by atoms with Crippen LogP contribution in [-0.4, -0.2) is 51.0 Å². The molecule has 7 nitrogen and oxygen atoms in total. The maximum Gasteiger partial charge on any atom is 0.325 e. The van der Waals surface area contributed by atoms with Crippen molar-refractivity contribution in [2.24, 2.45) is 0 Å². The maximum absolute atomic E-state index is 13.8. The van der Waals surface area contributed by atoms with Crippen LogP contribution in [0.2, 0.25) is 0 Å². The van der Waals surface area contributed by atoms with Crippen molar-refractivity contribution in [3.63, 3.8) is 0 Å². The molecule has 1 rings (SSSR count). The molecule has 1 aromatic rings. The standard InChI is InChI=1S/C16H23FN2O5S2/c1-11(2)24-15(20)10-18-16(21)13(8-9-25-3)19-26(22,23)14-7-5-4-6-12(14)17/h4-7,11,13,19H,8-10H2,1-3H3,(H,18,21). The van der Waals surface area contributed by atoms with Gasteiger partial charge in [0, 0.05) is 0 Å². The van der Waals surface area contributed by atoms with Gasteiger partial charge in [0.15, 0.2) is 0 Å². The molecule has 1 unspecified atom stereocenters. The summed E-state index contributed by atoms with van der Waals surface area (Å²) in [5, 5.41) is 2.34. The molecule has 10 heteroatoms. The third-order valence-corrected chi connectivity index (χ3v) is 5.27. The van der Waals surface area contributed by atoms with Gasteiger partial charge in [-0.1, -0.05) is 12.1 Å². The molecule has 0 saturated heterocycles. The van der Waals surface area contributed by atoms with E-state index in [1.54, 1.807) is 20.1 Å². The van der Waals surface area contributed by atoms with Gasteiger partial charge in [0.2, 0.25) is 15.9 Å². The van der Waals surface area contributed by atoms with E-state index >= 15 is 0 Å². The Morgan fingerprint density at radius 3 is 2.50 bits per heavy atom. The fourth-order valence-corrected chi connectivity index (χ4v) is 3.76. The number of halogens is 1. The molecular formula is C16H23FN2O5S2. The number of carbonyl (C=O) groups excluding carboxylic acids is 2. The highest BCUT2D eigenvalue weighted by Crippen LogP contribution is 2.14. The van der Waals surface area contributed by atoms with Crippen LogP contribution in [0.5, 0.6) is 0 Å². The normalized spacial score (nSPS) is 12.7. The number of esters is 1. The zero-order valence-corrected chi connectivity index (χ0v) is 16.5. The number of benzene rings is 1. The molecule has 0 spiro atoms. The maximum atomic E-state index is 13.8. The SMILES string of the molecule is CSCCC(NS(=O)(=O)c1ccccc1F)C(=O)NCC(=O)OC(C)C. The average molecular weight is 407 g/mol. The predicted molar refractivity (Wildman–Crippen MR) is 97.7 cm³/mol. The van der Waals surface area contributed by atoms with Crippen LogP contribution >= 0.6 is 11.8 Å². The number of carbonyl (C=O) groups is 2. The monoisotopic (exact) mass is 406 g/mol. The Hall–Kier alpha value is -1.65. The number of amides is 1. The summed E-state index contributed by atoms with van der Waals surface area (Å²) in [6.45, 7) is 2.96. The highest BCUT2D eigenvalue weighted by Gasteiger charge is 2.27. The second-order valence-electron chi connectivity index (χ2n) is 5.64. The van der Waals surface area contributed by atoms with Crippen LogP contribution in [0.15, 0.2) is 29.2 Å². The molecule has 0 fully saturated rings. The topological polar surface area (TPSA) is 102 Å². The molecule has 1 atom stereocenters. The van der Waals surface area contributed by atoms with Gasteiger partial charge in [-0.3, -0.25) is 9.59 Å². The van der Waals surface area contributed by atoms with Crippen molar-refractivity contribution >= 4 is 33.7 Å². The van der Waals surface area contributed by atoms with E-state index in [1.807, 2.05) is 0 Å². The summed E-state index contributed by atoms with van der Waals surface area (Å²) < 4.78 is 45.7. The lowest BCUT2D eigenvalue weighted by molar-refractivity contribution is -0.147. The van der Waals surface area contributed by atoms with Gasteiger partial charge in [-0.2, -0.15) is 16.5 Å². The molecule has 0 aliphatic carbocycles. The van der Waals surface area contributed by atoms with E-state index in [1.165, 1.54) is 23.9 Å². The summed E-state index contributed by atoms with van der Waals surface area (Å²) >= 11 is 1.42. The first-order chi connectivity index (χ1) is 12.2. The Labute approximate surface area is 157 Å². The van der Waals surface area contributed by atoms with Gasteiger partial charge in [-0.25, -0.2) is 12.8 Å². The molecule has 0 radical (unpaired) electrons. The lowest BCUT2D eigenvalue weighted by Crippen LogP contribution is -2.48. The minimum Gasteiger partial charge on any atom is -0.462 e. The smallest absolute Gasteiger partial charge is 0.325 e.